The molecule has 0 bridgehead atoms. The quantitative estimate of drug-likeness (QED) is 0.579. The van der Waals surface area contributed by atoms with Crippen LogP contribution in [0.2, 0.25) is 0 Å². The van der Waals surface area contributed by atoms with Crippen molar-refractivity contribution in [3.63, 3.8) is 0 Å². The zero-order chi connectivity index (χ0) is 10.1. The fourth-order valence-electron chi connectivity index (χ4n) is 1.41. The van der Waals surface area contributed by atoms with Crippen molar-refractivity contribution in [3.8, 4) is 0 Å². The van der Waals surface area contributed by atoms with Gasteiger partial charge >= 0.3 is 5.69 Å². The van der Waals surface area contributed by atoms with Crippen LogP contribution < -0.4 is 5.32 Å². The van der Waals surface area contributed by atoms with E-state index < -0.39 is 4.92 Å². The summed E-state index contributed by atoms with van der Waals surface area (Å²) in [7, 11) is 1.62. The number of nitrogens with one attached hydrogen (secondary N) is 1. The van der Waals surface area contributed by atoms with E-state index in [0.29, 0.717) is 11.5 Å². The highest BCUT2D eigenvalue weighted by atomic mass is 16.6. The summed E-state index contributed by atoms with van der Waals surface area (Å²) in [5.74, 6) is 0.553. The number of hydrogen-bond acceptors (Lipinski definition) is 5. The summed E-state index contributed by atoms with van der Waals surface area (Å²) in [4.78, 5) is 18.2. The van der Waals surface area contributed by atoms with Crippen LogP contribution in [0.15, 0.2) is 6.33 Å². The molecule has 6 nitrogen and oxygen atoms in total. The van der Waals surface area contributed by atoms with Gasteiger partial charge in [0.2, 0.25) is 5.82 Å². The molecule has 1 saturated carbocycles. The van der Waals surface area contributed by atoms with Gasteiger partial charge in [0.25, 0.3) is 0 Å². The van der Waals surface area contributed by atoms with Crippen LogP contribution in [0.1, 0.15) is 24.5 Å². The highest BCUT2D eigenvalue weighted by molar-refractivity contribution is 5.59. The monoisotopic (exact) mass is 194 g/mol. The predicted octanol–water partition coefficient (Wildman–Crippen LogP) is 1.30. The fourth-order valence-corrected chi connectivity index (χ4v) is 1.41. The van der Waals surface area contributed by atoms with Crippen molar-refractivity contribution in [1.29, 1.82) is 0 Å². The van der Waals surface area contributed by atoms with Gasteiger partial charge < -0.3 is 5.32 Å². The molecule has 1 aromatic heterocycles. The number of rotatable bonds is 3. The standard InChI is InChI=1S/C8H10N4O2/c1-9-8-7(12(13)14)6(5-2-3-5)10-4-11-8/h4-5H,2-3H2,1H3,(H,9,10,11). The van der Waals surface area contributed by atoms with Crippen molar-refractivity contribution >= 4 is 11.5 Å². The van der Waals surface area contributed by atoms with Crippen LogP contribution in [0, 0.1) is 10.1 Å². The summed E-state index contributed by atoms with van der Waals surface area (Å²) in [5.41, 5.74) is 0.590. The van der Waals surface area contributed by atoms with E-state index in [1.165, 1.54) is 6.33 Å². The van der Waals surface area contributed by atoms with Crippen LogP contribution in [-0.4, -0.2) is 21.9 Å². The Morgan fingerprint density at radius 1 is 1.57 bits per heavy atom. The fraction of sp³-hybridized carbons (Fsp3) is 0.500. The smallest absolute Gasteiger partial charge is 0.332 e. The Bertz CT molecular complexity index is 376. The summed E-state index contributed by atoms with van der Waals surface area (Å²) >= 11 is 0. The minimum absolute atomic E-state index is 0.0255. The van der Waals surface area contributed by atoms with Gasteiger partial charge in [-0.1, -0.05) is 0 Å². The Hall–Kier alpha value is -1.72. The van der Waals surface area contributed by atoms with Gasteiger partial charge in [0.1, 0.15) is 12.0 Å². The molecular formula is C8H10N4O2. The van der Waals surface area contributed by atoms with Gasteiger partial charge in [-0.05, 0) is 12.8 Å². The normalized spacial score (nSPS) is 15.2. The molecule has 1 aliphatic carbocycles. The van der Waals surface area contributed by atoms with Crippen LogP contribution in [0.4, 0.5) is 11.5 Å². The number of nitro groups is 1. The number of nitrogens with zero attached hydrogens (tertiary/aromatic N) is 3. The third-order valence-corrected chi connectivity index (χ3v) is 2.23. The lowest BCUT2D eigenvalue weighted by atomic mass is 10.2. The zero-order valence-electron chi connectivity index (χ0n) is 7.73. The van der Waals surface area contributed by atoms with Crippen LogP contribution in [-0.2, 0) is 0 Å². The average Bonchev–Trinajstić information content (AvgIpc) is 2.99. The average molecular weight is 194 g/mol. The Labute approximate surface area is 80.5 Å². The van der Waals surface area contributed by atoms with Gasteiger partial charge in [0, 0.05) is 13.0 Å². The summed E-state index contributed by atoms with van der Waals surface area (Å²) in [6.45, 7) is 0. The van der Waals surface area contributed by atoms with Crippen LogP contribution in [0.3, 0.4) is 0 Å². The number of anilines is 1. The molecule has 14 heavy (non-hydrogen) atoms. The molecule has 2 rings (SSSR count). The minimum Gasteiger partial charge on any atom is -0.367 e. The highest BCUT2D eigenvalue weighted by Gasteiger charge is 2.34. The minimum atomic E-state index is -0.417. The van der Waals surface area contributed by atoms with Crippen molar-refractivity contribution in [2.24, 2.45) is 0 Å². The molecule has 0 saturated heterocycles. The lowest BCUT2D eigenvalue weighted by molar-refractivity contribution is -0.385. The number of hydrogen-bond donors (Lipinski definition) is 1. The first kappa shape index (κ1) is 8.86. The maximum atomic E-state index is 10.8. The van der Waals surface area contributed by atoms with E-state index in [1.54, 1.807) is 7.05 Å². The van der Waals surface area contributed by atoms with E-state index in [4.69, 9.17) is 0 Å². The van der Waals surface area contributed by atoms with Crippen molar-refractivity contribution in [2.75, 3.05) is 12.4 Å². The topological polar surface area (TPSA) is 81.0 Å². The Morgan fingerprint density at radius 3 is 2.79 bits per heavy atom. The Morgan fingerprint density at radius 2 is 2.29 bits per heavy atom. The van der Waals surface area contributed by atoms with Gasteiger partial charge in [0.05, 0.1) is 4.92 Å². The molecule has 0 atom stereocenters. The van der Waals surface area contributed by atoms with Crippen LogP contribution in [0.25, 0.3) is 0 Å². The van der Waals surface area contributed by atoms with Gasteiger partial charge in [0.15, 0.2) is 0 Å². The SMILES string of the molecule is CNc1ncnc(C2CC2)c1[N+](=O)[O-]. The van der Waals surface area contributed by atoms with Crippen molar-refractivity contribution in [3.05, 3.63) is 22.1 Å². The first-order chi connectivity index (χ1) is 6.74. The Balaban J connectivity index is 2.52. The van der Waals surface area contributed by atoms with Gasteiger partial charge in [-0.15, -0.1) is 0 Å². The molecule has 74 valence electrons. The van der Waals surface area contributed by atoms with Gasteiger partial charge in [-0.25, -0.2) is 9.97 Å². The van der Waals surface area contributed by atoms with E-state index in [-0.39, 0.29) is 11.6 Å². The number of aromatic nitrogens is 2. The lowest BCUT2D eigenvalue weighted by Gasteiger charge is -2.03. The molecule has 1 N–H and O–H groups in total. The summed E-state index contributed by atoms with van der Waals surface area (Å²) in [6, 6.07) is 0. The van der Waals surface area contributed by atoms with Crippen molar-refractivity contribution in [2.45, 2.75) is 18.8 Å². The van der Waals surface area contributed by atoms with Crippen LogP contribution in [0.5, 0.6) is 0 Å². The molecular weight excluding hydrogens is 184 g/mol. The van der Waals surface area contributed by atoms with E-state index in [9.17, 15) is 10.1 Å². The molecule has 6 heteroatoms. The predicted molar refractivity (Wildman–Crippen MR) is 50.2 cm³/mol. The highest BCUT2D eigenvalue weighted by Crippen LogP contribution is 2.44. The summed E-state index contributed by atoms with van der Waals surface area (Å²) in [6.07, 6.45) is 3.34. The van der Waals surface area contributed by atoms with E-state index in [0.717, 1.165) is 12.8 Å². The largest absolute Gasteiger partial charge is 0.367 e. The zero-order valence-corrected chi connectivity index (χ0v) is 7.73. The maximum absolute atomic E-state index is 10.8. The second-order valence-electron chi connectivity index (χ2n) is 3.24. The molecule has 0 spiro atoms. The van der Waals surface area contributed by atoms with Gasteiger partial charge in [-0.3, -0.25) is 10.1 Å². The lowest BCUT2D eigenvalue weighted by Crippen LogP contribution is -2.04. The van der Waals surface area contributed by atoms with Gasteiger partial charge in [-0.2, -0.15) is 0 Å². The molecule has 0 radical (unpaired) electrons. The van der Waals surface area contributed by atoms with Crippen molar-refractivity contribution < 1.29 is 4.92 Å². The molecule has 0 aromatic carbocycles. The molecule has 1 fully saturated rings. The molecule has 0 aliphatic heterocycles. The molecule has 1 heterocycles. The second kappa shape index (κ2) is 3.21. The molecule has 0 amide bonds. The Kier molecular flexibility index (Phi) is 2.03. The first-order valence-corrected chi connectivity index (χ1v) is 4.41. The van der Waals surface area contributed by atoms with E-state index in [2.05, 4.69) is 15.3 Å². The van der Waals surface area contributed by atoms with Crippen LogP contribution >= 0.6 is 0 Å². The second-order valence-corrected chi connectivity index (χ2v) is 3.24. The molecule has 0 unspecified atom stereocenters. The molecule has 1 aromatic rings. The third kappa shape index (κ3) is 1.39. The van der Waals surface area contributed by atoms with E-state index >= 15 is 0 Å². The van der Waals surface area contributed by atoms with E-state index in [1.807, 2.05) is 0 Å². The first-order valence-electron chi connectivity index (χ1n) is 4.41. The maximum Gasteiger partial charge on any atom is 0.332 e. The summed E-state index contributed by atoms with van der Waals surface area (Å²) in [5, 5.41) is 13.5. The molecule has 1 aliphatic rings. The summed E-state index contributed by atoms with van der Waals surface area (Å²) < 4.78 is 0. The van der Waals surface area contributed by atoms with Crippen molar-refractivity contribution in [1.82, 2.24) is 9.97 Å². The third-order valence-electron chi connectivity index (χ3n) is 2.23.